The summed E-state index contributed by atoms with van der Waals surface area (Å²) < 4.78 is 0. The first-order valence-corrected chi connectivity index (χ1v) is 2.58. The third-order valence-electron chi connectivity index (χ3n) is 0.759. The quantitative estimate of drug-likeness (QED) is 0.510. The molecule has 0 aliphatic heterocycles. The van der Waals surface area contributed by atoms with Gasteiger partial charge in [0.25, 0.3) is 0 Å². The zero-order valence-corrected chi connectivity index (χ0v) is 5.56. The molecule has 0 rings (SSSR count). The predicted octanol–water partition coefficient (Wildman–Crippen LogP) is -0.0917. The van der Waals surface area contributed by atoms with E-state index in [0.29, 0.717) is 0 Å². The van der Waals surface area contributed by atoms with E-state index < -0.39 is 5.60 Å². The molecule has 0 saturated carbocycles. The second-order valence-electron chi connectivity index (χ2n) is 2.22. The van der Waals surface area contributed by atoms with E-state index in [0.717, 1.165) is 0 Å². The molecular formula is C5H13NO2. The minimum Gasteiger partial charge on any atom is -0.393 e. The zero-order valence-electron chi connectivity index (χ0n) is 5.56. The second-order valence-corrected chi connectivity index (χ2v) is 2.22. The summed E-state index contributed by atoms with van der Waals surface area (Å²) in [7, 11) is 1.66. The van der Waals surface area contributed by atoms with Crippen LogP contribution in [-0.2, 0) is 4.84 Å². The number of hydrogen-bond acceptors (Lipinski definition) is 3. The highest BCUT2D eigenvalue weighted by Crippen LogP contribution is 2.03. The SMILES string of the molecule is CNOC(C)(C)CO. The van der Waals surface area contributed by atoms with Crippen LogP contribution < -0.4 is 5.48 Å². The number of rotatable bonds is 3. The van der Waals surface area contributed by atoms with Crippen LogP contribution in [0.15, 0.2) is 0 Å². The van der Waals surface area contributed by atoms with Crippen LogP contribution in [0.2, 0.25) is 0 Å². The van der Waals surface area contributed by atoms with Gasteiger partial charge in [-0.1, -0.05) is 0 Å². The molecule has 0 amide bonds. The monoisotopic (exact) mass is 119 g/mol. The molecule has 0 aliphatic carbocycles. The molecule has 0 radical (unpaired) electrons. The molecule has 8 heavy (non-hydrogen) atoms. The van der Waals surface area contributed by atoms with Crippen molar-refractivity contribution >= 4 is 0 Å². The van der Waals surface area contributed by atoms with E-state index >= 15 is 0 Å². The van der Waals surface area contributed by atoms with Crippen molar-refractivity contribution in [2.45, 2.75) is 19.4 Å². The molecule has 0 aromatic rings. The number of hydroxylamine groups is 1. The lowest BCUT2D eigenvalue weighted by molar-refractivity contribution is -0.100. The van der Waals surface area contributed by atoms with Crippen LogP contribution >= 0.6 is 0 Å². The Morgan fingerprint density at radius 3 is 2.25 bits per heavy atom. The average molecular weight is 119 g/mol. The first-order chi connectivity index (χ1) is 3.62. The largest absolute Gasteiger partial charge is 0.393 e. The van der Waals surface area contributed by atoms with Gasteiger partial charge in [-0.2, -0.15) is 0 Å². The molecule has 3 nitrogen and oxygen atoms in total. The lowest BCUT2D eigenvalue weighted by Gasteiger charge is -2.20. The highest BCUT2D eigenvalue weighted by molar-refractivity contribution is 4.63. The highest BCUT2D eigenvalue weighted by atomic mass is 16.7. The van der Waals surface area contributed by atoms with Crippen LogP contribution in [0.3, 0.4) is 0 Å². The lowest BCUT2D eigenvalue weighted by atomic mass is 10.2. The Morgan fingerprint density at radius 2 is 2.12 bits per heavy atom. The number of nitrogens with one attached hydrogen (secondary N) is 1. The van der Waals surface area contributed by atoms with Gasteiger partial charge in [0.15, 0.2) is 0 Å². The van der Waals surface area contributed by atoms with Crippen LogP contribution in [0.4, 0.5) is 0 Å². The lowest BCUT2D eigenvalue weighted by Crippen LogP contribution is -2.33. The van der Waals surface area contributed by atoms with Gasteiger partial charge in [-0.05, 0) is 13.8 Å². The first kappa shape index (κ1) is 7.88. The molecule has 0 aliphatic rings. The summed E-state index contributed by atoms with van der Waals surface area (Å²) in [6, 6.07) is 0. The average Bonchev–Trinajstić information content (AvgIpc) is 1.67. The van der Waals surface area contributed by atoms with Crippen LogP contribution in [0.1, 0.15) is 13.8 Å². The van der Waals surface area contributed by atoms with Crippen LogP contribution in [0.25, 0.3) is 0 Å². The maximum absolute atomic E-state index is 8.56. The minimum absolute atomic E-state index is 0.0217. The summed E-state index contributed by atoms with van der Waals surface area (Å²) >= 11 is 0. The number of hydrogen-bond donors (Lipinski definition) is 2. The molecular weight excluding hydrogens is 106 g/mol. The summed E-state index contributed by atoms with van der Waals surface area (Å²) in [5.74, 6) is 0. The normalized spacial score (nSPS) is 12.0. The Bertz CT molecular complexity index is 63.4. The molecule has 2 N–H and O–H groups in total. The van der Waals surface area contributed by atoms with Crippen molar-refractivity contribution in [3.63, 3.8) is 0 Å². The van der Waals surface area contributed by atoms with Gasteiger partial charge in [0.1, 0.15) is 5.60 Å². The molecule has 50 valence electrons. The van der Waals surface area contributed by atoms with Gasteiger partial charge in [-0.15, -0.1) is 0 Å². The Kier molecular flexibility index (Phi) is 2.97. The van der Waals surface area contributed by atoms with Crippen molar-refractivity contribution < 1.29 is 9.94 Å². The van der Waals surface area contributed by atoms with Gasteiger partial charge < -0.3 is 5.11 Å². The summed E-state index contributed by atoms with van der Waals surface area (Å²) in [4.78, 5) is 4.88. The maximum Gasteiger partial charge on any atom is 0.107 e. The van der Waals surface area contributed by atoms with E-state index in [1.54, 1.807) is 20.9 Å². The molecule has 0 atom stereocenters. The summed E-state index contributed by atoms with van der Waals surface area (Å²) in [5.41, 5.74) is 2.04. The molecule has 0 aromatic carbocycles. The first-order valence-electron chi connectivity index (χ1n) is 2.58. The number of aliphatic hydroxyl groups is 1. The van der Waals surface area contributed by atoms with Gasteiger partial charge in [-0.25, -0.2) is 5.48 Å². The fourth-order valence-corrected chi connectivity index (χ4v) is 0.309. The van der Waals surface area contributed by atoms with Crippen molar-refractivity contribution in [2.24, 2.45) is 0 Å². The molecule has 3 heteroatoms. The summed E-state index contributed by atoms with van der Waals surface area (Å²) in [5, 5.41) is 8.56. The van der Waals surface area contributed by atoms with Crippen molar-refractivity contribution in [1.82, 2.24) is 5.48 Å². The van der Waals surface area contributed by atoms with E-state index in [2.05, 4.69) is 5.48 Å². The predicted molar refractivity (Wildman–Crippen MR) is 31.3 cm³/mol. The van der Waals surface area contributed by atoms with Crippen LogP contribution in [-0.4, -0.2) is 24.4 Å². The van der Waals surface area contributed by atoms with E-state index in [9.17, 15) is 0 Å². The van der Waals surface area contributed by atoms with Crippen molar-refractivity contribution in [3.05, 3.63) is 0 Å². The third kappa shape index (κ3) is 2.96. The van der Waals surface area contributed by atoms with Crippen molar-refractivity contribution in [2.75, 3.05) is 13.7 Å². The fourth-order valence-electron chi connectivity index (χ4n) is 0.309. The van der Waals surface area contributed by atoms with E-state index in [4.69, 9.17) is 9.94 Å². The van der Waals surface area contributed by atoms with E-state index in [1.165, 1.54) is 0 Å². The Balaban J connectivity index is 3.37. The van der Waals surface area contributed by atoms with Crippen molar-refractivity contribution in [1.29, 1.82) is 0 Å². The number of aliphatic hydroxyl groups excluding tert-OH is 1. The third-order valence-corrected chi connectivity index (χ3v) is 0.759. The molecule has 0 fully saturated rings. The van der Waals surface area contributed by atoms with Crippen LogP contribution in [0, 0.1) is 0 Å². The Labute approximate surface area is 49.6 Å². The Hall–Kier alpha value is -0.120. The van der Waals surface area contributed by atoms with E-state index in [1.807, 2.05) is 0 Å². The second kappa shape index (κ2) is 3.02. The van der Waals surface area contributed by atoms with Crippen molar-refractivity contribution in [3.8, 4) is 0 Å². The van der Waals surface area contributed by atoms with E-state index in [-0.39, 0.29) is 6.61 Å². The zero-order chi connectivity index (χ0) is 6.62. The smallest absolute Gasteiger partial charge is 0.107 e. The standard InChI is InChI=1S/C5H13NO2/c1-5(2,4-7)8-6-3/h6-7H,4H2,1-3H3. The van der Waals surface area contributed by atoms with Gasteiger partial charge in [0, 0.05) is 7.05 Å². The molecule has 0 unspecified atom stereocenters. The fraction of sp³-hybridized carbons (Fsp3) is 1.00. The molecule has 0 saturated heterocycles. The minimum atomic E-state index is -0.464. The van der Waals surface area contributed by atoms with Crippen LogP contribution in [0.5, 0.6) is 0 Å². The van der Waals surface area contributed by atoms with Gasteiger partial charge in [0.2, 0.25) is 0 Å². The molecule has 0 aromatic heterocycles. The van der Waals surface area contributed by atoms with Gasteiger partial charge in [0.05, 0.1) is 6.61 Å². The topological polar surface area (TPSA) is 41.5 Å². The summed E-state index contributed by atoms with van der Waals surface area (Å²) in [6.45, 7) is 3.61. The Morgan fingerprint density at radius 1 is 1.62 bits per heavy atom. The van der Waals surface area contributed by atoms with Gasteiger partial charge >= 0.3 is 0 Å². The highest BCUT2D eigenvalue weighted by Gasteiger charge is 2.15. The molecule has 0 spiro atoms. The van der Waals surface area contributed by atoms with Gasteiger partial charge in [-0.3, -0.25) is 4.84 Å². The maximum atomic E-state index is 8.56. The summed E-state index contributed by atoms with van der Waals surface area (Å²) in [6.07, 6.45) is 0. The molecule has 0 bridgehead atoms. The molecule has 0 heterocycles.